The molecule has 196 valence electrons. The van der Waals surface area contributed by atoms with Gasteiger partial charge in [-0.25, -0.2) is 9.97 Å². The third-order valence-corrected chi connectivity index (χ3v) is 6.17. The van der Waals surface area contributed by atoms with Gasteiger partial charge in [0.05, 0.1) is 32.6 Å². The van der Waals surface area contributed by atoms with Crippen molar-refractivity contribution >= 4 is 11.6 Å². The van der Waals surface area contributed by atoms with E-state index in [1.165, 1.54) is 0 Å². The molecule has 8 heteroatoms. The van der Waals surface area contributed by atoms with Gasteiger partial charge >= 0.3 is 0 Å². The Labute approximate surface area is 219 Å². The van der Waals surface area contributed by atoms with Crippen LogP contribution < -0.4 is 19.5 Å². The van der Waals surface area contributed by atoms with Crippen LogP contribution in [0, 0.1) is 0 Å². The maximum Gasteiger partial charge on any atom is 0.227 e. The number of ether oxygens (including phenoxy) is 4. The average Bonchev–Trinajstić information content (AvgIpc) is 2.93. The number of likely N-dealkylation sites (N-methyl/N-ethyl adjacent to an activating group) is 1. The van der Waals surface area contributed by atoms with Crippen LogP contribution in [0.25, 0.3) is 11.3 Å². The third-order valence-electron chi connectivity index (χ3n) is 6.17. The number of hydrogen-bond donors (Lipinski definition) is 1. The lowest BCUT2D eigenvalue weighted by Crippen LogP contribution is -2.28. The Bertz CT molecular complexity index is 1180. The molecule has 3 aromatic rings. The molecule has 0 amide bonds. The second-order valence-electron chi connectivity index (χ2n) is 8.58. The minimum Gasteiger partial charge on any atom is -0.493 e. The topological polar surface area (TPSA) is 78.0 Å². The SMILES string of the molecule is CCN(CC)CCOc1ccc2cc1COC/C=C/CCOc1cc(ccc1OC)-c1ccnc(n1)N2. The molecule has 6 bridgehead atoms. The van der Waals surface area contributed by atoms with Crippen LogP contribution in [0.5, 0.6) is 17.2 Å². The van der Waals surface area contributed by atoms with Gasteiger partial charge in [0.2, 0.25) is 5.95 Å². The summed E-state index contributed by atoms with van der Waals surface area (Å²) in [6.45, 7) is 9.30. The van der Waals surface area contributed by atoms with Gasteiger partial charge in [-0.05, 0) is 62.0 Å². The summed E-state index contributed by atoms with van der Waals surface area (Å²) in [7, 11) is 1.64. The van der Waals surface area contributed by atoms with Crippen molar-refractivity contribution in [1.29, 1.82) is 0 Å². The van der Waals surface area contributed by atoms with E-state index in [0.717, 1.165) is 54.3 Å². The van der Waals surface area contributed by atoms with Crippen molar-refractivity contribution in [2.75, 3.05) is 51.9 Å². The lowest BCUT2D eigenvalue weighted by atomic mass is 10.1. The van der Waals surface area contributed by atoms with Crippen molar-refractivity contribution < 1.29 is 18.9 Å². The zero-order valence-corrected chi connectivity index (χ0v) is 21.9. The highest BCUT2D eigenvalue weighted by Crippen LogP contribution is 2.33. The first kappa shape index (κ1) is 26.4. The van der Waals surface area contributed by atoms with E-state index < -0.39 is 0 Å². The van der Waals surface area contributed by atoms with Crippen LogP contribution in [0.3, 0.4) is 0 Å². The van der Waals surface area contributed by atoms with Crippen molar-refractivity contribution in [2.24, 2.45) is 0 Å². The van der Waals surface area contributed by atoms with Crippen LogP contribution in [0.1, 0.15) is 25.8 Å². The quantitative estimate of drug-likeness (QED) is 0.425. The first-order valence-electron chi connectivity index (χ1n) is 12.8. The molecule has 37 heavy (non-hydrogen) atoms. The van der Waals surface area contributed by atoms with Gasteiger partial charge in [-0.15, -0.1) is 0 Å². The summed E-state index contributed by atoms with van der Waals surface area (Å²) in [4.78, 5) is 11.5. The standard InChI is InChI=1S/C29H36N4O4/c1-4-33(5-2)15-18-37-26-12-10-24-19-23(26)21-35-16-7-6-8-17-36-28-20-22(9-11-27(28)34-3)25-13-14-30-29(31-24)32-25/h6-7,9-14,19-20H,4-5,8,15-18,21H2,1-3H3,(H,30,31,32)/b7-6+. The highest BCUT2D eigenvalue weighted by molar-refractivity contribution is 5.66. The van der Waals surface area contributed by atoms with Crippen molar-refractivity contribution in [3.05, 3.63) is 66.4 Å². The minimum atomic E-state index is 0.430. The van der Waals surface area contributed by atoms with Crippen molar-refractivity contribution in [3.63, 3.8) is 0 Å². The van der Waals surface area contributed by atoms with Crippen LogP contribution in [-0.2, 0) is 11.3 Å². The van der Waals surface area contributed by atoms with Gasteiger partial charge in [-0.3, -0.25) is 0 Å². The molecule has 0 radical (unpaired) electrons. The van der Waals surface area contributed by atoms with Crippen LogP contribution >= 0.6 is 0 Å². The van der Waals surface area contributed by atoms with Gasteiger partial charge < -0.3 is 29.2 Å². The molecule has 1 aromatic heterocycles. The van der Waals surface area contributed by atoms with Gasteiger partial charge in [-0.1, -0.05) is 26.0 Å². The molecule has 1 N–H and O–H groups in total. The summed E-state index contributed by atoms with van der Waals surface area (Å²) in [5.74, 6) is 2.69. The molecule has 0 unspecified atom stereocenters. The maximum absolute atomic E-state index is 6.15. The van der Waals surface area contributed by atoms with Crippen molar-refractivity contribution in [2.45, 2.75) is 26.9 Å². The van der Waals surface area contributed by atoms with Crippen molar-refractivity contribution in [1.82, 2.24) is 14.9 Å². The van der Waals surface area contributed by atoms with Gasteiger partial charge in [-0.2, -0.15) is 0 Å². The number of nitrogens with one attached hydrogen (secondary N) is 1. The zero-order chi connectivity index (χ0) is 25.9. The Hall–Kier alpha value is -3.62. The molecule has 0 atom stereocenters. The summed E-state index contributed by atoms with van der Waals surface area (Å²) in [6, 6.07) is 13.7. The van der Waals surface area contributed by atoms with Gasteiger partial charge in [0.1, 0.15) is 12.4 Å². The Balaban J connectivity index is 1.60. The predicted octanol–water partition coefficient (Wildman–Crippen LogP) is 5.47. The number of benzene rings is 2. The van der Waals surface area contributed by atoms with E-state index in [0.29, 0.717) is 43.9 Å². The number of anilines is 2. The second-order valence-corrected chi connectivity index (χ2v) is 8.58. The fourth-order valence-electron chi connectivity index (χ4n) is 4.05. The Morgan fingerprint density at radius 1 is 1.03 bits per heavy atom. The van der Waals surface area contributed by atoms with E-state index >= 15 is 0 Å². The Morgan fingerprint density at radius 2 is 1.89 bits per heavy atom. The molecule has 0 aliphatic carbocycles. The monoisotopic (exact) mass is 504 g/mol. The smallest absolute Gasteiger partial charge is 0.227 e. The summed E-state index contributed by atoms with van der Waals surface area (Å²) in [5, 5.41) is 3.33. The van der Waals surface area contributed by atoms with E-state index in [9.17, 15) is 0 Å². The first-order chi connectivity index (χ1) is 18.2. The van der Waals surface area contributed by atoms with Crippen LogP contribution in [0.2, 0.25) is 0 Å². The van der Waals surface area contributed by atoms with E-state index in [-0.39, 0.29) is 0 Å². The fraction of sp³-hybridized carbons (Fsp3) is 0.379. The summed E-state index contributed by atoms with van der Waals surface area (Å²) >= 11 is 0. The predicted molar refractivity (Wildman–Crippen MR) is 146 cm³/mol. The highest BCUT2D eigenvalue weighted by Gasteiger charge is 2.11. The van der Waals surface area contributed by atoms with Crippen LogP contribution in [0.15, 0.2) is 60.8 Å². The number of methoxy groups -OCH3 is 1. The lowest BCUT2D eigenvalue weighted by Gasteiger charge is -2.19. The number of hydrogen-bond acceptors (Lipinski definition) is 8. The van der Waals surface area contributed by atoms with E-state index in [1.54, 1.807) is 13.3 Å². The molecule has 0 spiro atoms. The first-order valence-corrected chi connectivity index (χ1v) is 12.8. The van der Waals surface area contributed by atoms with E-state index in [2.05, 4.69) is 35.1 Å². The lowest BCUT2D eigenvalue weighted by molar-refractivity contribution is 0.143. The molecule has 0 fully saturated rings. The minimum absolute atomic E-state index is 0.430. The number of fused-ring (bicyclic) bond motifs is 7. The molecule has 4 rings (SSSR count). The molecule has 2 aromatic carbocycles. The summed E-state index contributed by atoms with van der Waals surface area (Å²) in [6.07, 6.45) is 6.58. The van der Waals surface area contributed by atoms with E-state index in [4.69, 9.17) is 23.9 Å². The highest BCUT2D eigenvalue weighted by atomic mass is 16.5. The van der Waals surface area contributed by atoms with Gasteiger partial charge in [0.15, 0.2) is 11.5 Å². The number of aromatic nitrogens is 2. The normalized spacial score (nSPS) is 14.6. The molecule has 8 nitrogen and oxygen atoms in total. The average molecular weight is 505 g/mol. The molecule has 0 saturated carbocycles. The Kier molecular flexibility index (Phi) is 9.74. The fourth-order valence-corrected chi connectivity index (χ4v) is 4.05. The molecular formula is C29H36N4O4. The molecular weight excluding hydrogens is 468 g/mol. The summed E-state index contributed by atoms with van der Waals surface area (Å²) < 4.78 is 23.6. The maximum atomic E-state index is 6.15. The van der Waals surface area contributed by atoms with E-state index in [1.807, 2.05) is 48.5 Å². The van der Waals surface area contributed by atoms with Crippen molar-refractivity contribution in [3.8, 4) is 28.5 Å². The largest absolute Gasteiger partial charge is 0.493 e. The zero-order valence-electron chi connectivity index (χ0n) is 21.9. The number of rotatable bonds is 7. The summed E-state index contributed by atoms with van der Waals surface area (Å²) in [5.41, 5.74) is 3.54. The van der Waals surface area contributed by atoms with Gasteiger partial charge in [0, 0.05) is 29.6 Å². The number of nitrogens with zero attached hydrogens (tertiary/aromatic N) is 3. The molecule has 2 heterocycles. The third kappa shape index (κ3) is 7.44. The van der Waals surface area contributed by atoms with Gasteiger partial charge in [0.25, 0.3) is 0 Å². The molecule has 1 aliphatic heterocycles. The van der Waals surface area contributed by atoms with Crippen LogP contribution in [-0.4, -0.2) is 61.4 Å². The Morgan fingerprint density at radius 3 is 2.73 bits per heavy atom. The second kappa shape index (κ2) is 13.6. The molecule has 0 saturated heterocycles. The molecule has 1 aliphatic rings. The van der Waals surface area contributed by atoms with Crippen LogP contribution in [0.4, 0.5) is 11.6 Å².